The first-order valence-electron chi connectivity index (χ1n) is 6.72. The molecule has 1 aromatic carbocycles. The number of carbonyl (C=O) groups is 3. The first-order valence-corrected chi connectivity index (χ1v) is 6.72. The van der Waals surface area contributed by atoms with Crippen molar-refractivity contribution in [3.63, 3.8) is 0 Å². The number of rotatable bonds is 4. The van der Waals surface area contributed by atoms with Gasteiger partial charge in [0.2, 0.25) is 5.91 Å². The van der Waals surface area contributed by atoms with E-state index in [1.807, 2.05) is 0 Å². The molecule has 0 atom stereocenters. The van der Waals surface area contributed by atoms with Crippen molar-refractivity contribution in [2.24, 2.45) is 0 Å². The third-order valence-corrected chi connectivity index (χ3v) is 3.10. The molecule has 1 aliphatic heterocycles. The van der Waals surface area contributed by atoms with Crippen LogP contribution in [-0.2, 0) is 14.4 Å². The lowest BCUT2D eigenvalue weighted by molar-refractivity contribution is -0.136. The summed E-state index contributed by atoms with van der Waals surface area (Å²) in [6, 6.07) is 6.89. The van der Waals surface area contributed by atoms with Gasteiger partial charge in [-0.25, -0.2) is 0 Å². The molecule has 21 heavy (non-hydrogen) atoms. The van der Waals surface area contributed by atoms with Crippen LogP contribution in [0.25, 0.3) is 0 Å². The van der Waals surface area contributed by atoms with E-state index in [4.69, 9.17) is 0 Å². The fraction of sp³-hybridized carbons (Fsp3) is 0.267. The van der Waals surface area contributed by atoms with E-state index in [2.05, 4.69) is 17.2 Å². The van der Waals surface area contributed by atoms with Gasteiger partial charge in [0.15, 0.2) is 0 Å². The van der Waals surface area contributed by atoms with Crippen molar-refractivity contribution in [3.8, 4) is 0 Å². The predicted molar refractivity (Wildman–Crippen MR) is 79.9 cm³/mol. The third-order valence-electron chi connectivity index (χ3n) is 3.10. The predicted octanol–water partition coefficient (Wildman–Crippen LogP) is 1.05. The Kier molecular flexibility index (Phi) is 4.71. The van der Waals surface area contributed by atoms with Crippen molar-refractivity contribution in [1.29, 1.82) is 0 Å². The van der Waals surface area contributed by atoms with Crippen LogP contribution in [-0.4, -0.2) is 30.8 Å². The number of amides is 3. The SMILES string of the molecule is C=CCNC(=O)C(=O)Nc1cccc(N2CCCC2=O)c1. The van der Waals surface area contributed by atoms with Crippen LogP contribution >= 0.6 is 0 Å². The molecule has 0 unspecified atom stereocenters. The minimum Gasteiger partial charge on any atom is -0.344 e. The van der Waals surface area contributed by atoms with Crippen LogP contribution in [0.2, 0.25) is 0 Å². The number of hydrogen-bond acceptors (Lipinski definition) is 3. The molecule has 1 aliphatic rings. The van der Waals surface area contributed by atoms with Gasteiger partial charge in [-0.2, -0.15) is 0 Å². The van der Waals surface area contributed by atoms with Gasteiger partial charge in [-0.3, -0.25) is 14.4 Å². The molecule has 0 spiro atoms. The molecule has 0 aromatic heterocycles. The average Bonchev–Trinajstić information content (AvgIpc) is 2.91. The zero-order valence-electron chi connectivity index (χ0n) is 11.6. The Morgan fingerprint density at radius 1 is 1.33 bits per heavy atom. The number of benzene rings is 1. The van der Waals surface area contributed by atoms with Crippen LogP contribution < -0.4 is 15.5 Å². The maximum absolute atomic E-state index is 11.7. The topological polar surface area (TPSA) is 78.5 Å². The van der Waals surface area contributed by atoms with Gasteiger partial charge in [-0.1, -0.05) is 12.1 Å². The quantitative estimate of drug-likeness (QED) is 0.642. The molecule has 0 saturated carbocycles. The van der Waals surface area contributed by atoms with Gasteiger partial charge in [-0.15, -0.1) is 6.58 Å². The molecule has 0 bridgehead atoms. The van der Waals surface area contributed by atoms with Crippen molar-refractivity contribution < 1.29 is 14.4 Å². The summed E-state index contributed by atoms with van der Waals surface area (Å²) in [5, 5.41) is 4.90. The van der Waals surface area contributed by atoms with Gasteiger partial charge in [0, 0.05) is 30.9 Å². The monoisotopic (exact) mass is 287 g/mol. The second kappa shape index (κ2) is 6.69. The van der Waals surface area contributed by atoms with Crippen LogP contribution in [0.3, 0.4) is 0 Å². The molecule has 1 aromatic rings. The number of nitrogens with one attached hydrogen (secondary N) is 2. The Bertz CT molecular complexity index is 583. The molecule has 1 saturated heterocycles. The van der Waals surface area contributed by atoms with Crippen molar-refractivity contribution in [2.45, 2.75) is 12.8 Å². The van der Waals surface area contributed by atoms with E-state index < -0.39 is 11.8 Å². The Balaban J connectivity index is 2.04. The zero-order valence-corrected chi connectivity index (χ0v) is 11.6. The number of carbonyl (C=O) groups excluding carboxylic acids is 3. The number of anilines is 2. The van der Waals surface area contributed by atoms with Crippen molar-refractivity contribution in [1.82, 2.24) is 5.32 Å². The van der Waals surface area contributed by atoms with Gasteiger partial charge in [0.1, 0.15) is 0 Å². The molecule has 110 valence electrons. The second-order valence-corrected chi connectivity index (χ2v) is 4.65. The molecular weight excluding hydrogens is 270 g/mol. The lowest BCUT2D eigenvalue weighted by atomic mass is 10.2. The van der Waals surface area contributed by atoms with Crippen molar-refractivity contribution >= 4 is 29.1 Å². The van der Waals surface area contributed by atoms with E-state index in [1.54, 1.807) is 29.2 Å². The Morgan fingerprint density at radius 3 is 2.81 bits per heavy atom. The lowest BCUT2D eigenvalue weighted by Gasteiger charge is -2.16. The molecule has 0 aliphatic carbocycles. The van der Waals surface area contributed by atoms with Gasteiger partial charge in [0.05, 0.1) is 0 Å². The smallest absolute Gasteiger partial charge is 0.313 e. The molecular formula is C15H17N3O3. The zero-order chi connectivity index (χ0) is 15.2. The number of hydrogen-bond donors (Lipinski definition) is 2. The molecule has 6 nitrogen and oxygen atoms in total. The van der Waals surface area contributed by atoms with E-state index in [-0.39, 0.29) is 12.5 Å². The van der Waals surface area contributed by atoms with Crippen LogP contribution in [0.5, 0.6) is 0 Å². The Labute approximate surface area is 122 Å². The summed E-state index contributed by atoms with van der Waals surface area (Å²) < 4.78 is 0. The third kappa shape index (κ3) is 3.68. The Hall–Kier alpha value is -2.63. The standard InChI is InChI=1S/C15H17N3O3/c1-2-8-16-14(20)15(21)17-11-5-3-6-12(10-11)18-9-4-7-13(18)19/h2-3,5-6,10H,1,4,7-9H2,(H,16,20)(H,17,21). The lowest BCUT2D eigenvalue weighted by Crippen LogP contribution is -2.35. The molecule has 3 amide bonds. The highest BCUT2D eigenvalue weighted by Crippen LogP contribution is 2.24. The van der Waals surface area contributed by atoms with Crippen molar-refractivity contribution in [2.75, 3.05) is 23.3 Å². The summed E-state index contributed by atoms with van der Waals surface area (Å²) in [7, 11) is 0. The van der Waals surface area contributed by atoms with Crippen LogP contribution in [0.1, 0.15) is 12.8 Å². The van der Waals surface area contributed by atoms with Gasteiger partial charge in [-0.05, 0) is 24.6 Å². The van der Waals surface area contributed by atoms with Crippen LogP contribution in [0.4, 0.5) is 11.4 Å². The normalized spacial score (nSPS) is 13.9. The van der Waals surface area contributed by atoms with Gasteiger partial charge in [0.25, 0.3) is 0 Å². The van der Waals surface area contributed by atoms with E-state index >= 15 is 0 Å². The maximum atomic E-state index is 11.7. The summed E-state index contributed by atoms with van der Waals surface area (Å²) in [4.78, 5) is 36.5. The molecule has 6 heteroatoms. The van der Waals surface area contributed by atoms with Crippen molar-refractivity contribution in [3.05, 3.63) is 36.9 Å². The van der Waals surface area contributed by atoms with Crippen LogP contribution in [0, 0.1) is 0 Å². The number of nitrogens with zero attached hydrogens (tertiary/aromatic N) is 1. The largest absolute Gasteiger partial charge is 0.344 e. The van der Waals surface area contributed by atoms with E-state index in [0.717, 1.165) is 12.1 Å². The van der Waals surface area contributed by atoms with E-state index in [1.165, 1.54) is 6.08 Å². The fourth-order valence-corrected chi connectivity index (χ4v) is 2.11. The fourth-order valence-electron chi connectivity index (χ4n) is 2.11. The van der Waals surface area contributed by atoms with E-state index in [0.29, 0.717) is 18.7 Å². The van der Waals surface area contributed by atoms with Gasteiger partial charge < -0.3 is 15.5 Å². The summed E-state index contributed by atoms with van der Waals surface area (Å²) in [5.74, 6) is -1.40. The second-order valence-electron chi connectivity index (χ2n) is 4.65. The van der Waals surface area contributed by atoms with E-state index in [9.17, 15) is 14.4 Å². The molecule has 2 N–H and O–H groups in total. The summed E-state index contributed by atoms with van der Waals surface area (Å²) >= 11 is 0. The summed E-state index contributed by atoms with van der Waals surface area (Å²) in [6.45, 7) is 4.36. The Morgan fingerprint density at radius 2 is 2.14 bits per heavy atom. The first kappa shape index (κ1) is 14.8. The first-order chi connectivity index (χ1) is 10.1. The molecule has 2 rings (SSSR count). The molecule has 1 fully saturated rings. The highest BCUT2D eigenvalue weighted by Gasteiger charge is 2.22. The molecule has 0 radical (unpaired) electrons. The molecule has 1 heterocycles. The van der Waals surface area contributed by atoms with Crippen LogP contribution in [0.15, 0.2) is 36.9 Å². The van der Waals surface area contributed by atoms with Gasteiger partial charge >= 0.3 is 11.8 Å². The minimum atomic E-state index is -0.748. The highest BCUT2D eigenvalue weighted by molar-refractivity contribution is 6.39. The maximum Gasteiger partial charge on any atom is 0.313 e. The highest BCUT2D eigenvalue weighted by atomic mass is 16.2. The minimum absolute atomic E-state index is 0.0715. The summed E-state index contributed by atoms with van der Waals surface area (Å²) in [5.41, 5.74) is 1.20. The summed E-state index contributed by atoms with van der Waals surface area (Å²) in [6.07, 6.45) is 2.87. The average molecular weight is 287 g/mol.